The van der Waals surface area contributed by atoms with Crippen LogP contribution in [0.5, 0.6) is 5.75 Å². The van der Waals surface area contributed by atoms with E-state index in [-0.39, 0.29) is 15.9 Å². The fraction of sp³-hybridized carbons (Fsp3) is 0.667. The first-order valence-corrected chi connectivity index (χ1v) is 14.7. The predicted octanol–water partition coefficient (Wildman–Crippen LogP) is 4.10. The van der Waals surface area contributed by atoms with E-state index < -0.39 is 36.4 Å². The molecule has 31 heavy (non-hydrogen) atoms. The maximum Gasteiger partial charge on any atom is 0.265 e. The van der Waals surface area contributed by atoms with E-state index in [0.29, 0.717) is 5.75 Å². The number of carbonyl (C=O) groups is 1. The van der Waals surface area contributed by atoms with Crippen LogP contribution in [0.4, 0.5) is 0 Å². The van der Waals surface area contributed by atoms with Gasteiger partial charge >= 0.3 is 0 Å². The second kappa shape index (κ2) is 10.4. The smallest absolute Gasteiger partial charge is 0.265 e. The molecule has 0 aliphatic carbocycles. The molecule has 10 heteroatoms. The predicted molar refractivity (Wildman–Crippen MR) is 123 cm³/mol. The molecule has 0 aromatic heterocycles. The van der Waals surface area contributed by atoms with Gasteiger partial charge in [-0.3, -0.25) is 9.63 Å². The van der Waals surface area contributed by atoms with Gasteiger partial charge < -0.3 is 9.26 Å². The van der Waals surface area contributed by atoms with Gasteiger partial charge in [0.15, 0.2) is 0 Å². The number of sulfonamides is 1. The van der Waals surface area contributed by atoms with E-state index >= 15 is 0 Å². The van der Waals surface area contributed by atoms with Crippen LogP contribution in [0.1, 0.15) is 48.5 Å². The third-order valence-corrected chi connectivity index (χ3v) is 11.1. The number of hydroxylamine groups is 2. The van der Waals surface area contributed by atoms with E-state index in [0.717, 1.165) is 4.47 Å². The van der Waals surface area contributed by atoms with Crippen LogP contribution >= 0.6 is 0 Å². The van der Waals surface area contributed by atoms with Crippen LogP contribution < -0.4 is 10.2 Å². The molecule has 0 saturated heterocycles. The molecule has 1 N–H and O–H groups in total. The zero-order valence-electron chi connectivity index (χ0n) is 20.3. The van der Waals surface area contributed by atoms with Crippen molar-refractivity contribution in [3.8, 4) is 5.75 Å². The molecule has 0 fully saturated rings. The van der Waals surface area contributed by atoms with Crippen LogP contribution in [-0.2, 0) is 24.2 Å². The standard InChI is InChI=1S/C21H38N2O6SSi/c1-15(2)19(20(24)22-29-31(9,10)21(5,6)7)23(28-16(3)4)30(25,26)18-13-11-17(27-8)12-14-18/h11-16,19H,1-10H3,(H,22,24)/t19-/m1/s1. The minimum atomic E-state index is -4.14. The highest BCUT2D eigenvalue weighted by atomic mass is 32.2. The highest BCUT2D eigenvalue weighted by Gasteiger charge is 2.43. The number of carbonyl (C=O) groups excluding carboxylic acids is 1. The Hall–Kier alpha value is -1.46. The summed E-state index contributed by atoms with van der Waals surface area (Å²) in [6, 6.07) is 4.81. The Balaban J connectivity index is 3.31. The summed E-state index contributed by atoms with van der Waals surface area (Å²) >= 11 is 0. The van der Waals surface area contributed by atoms with Crippen molar-refractivity contribution in [3.63, 3.8) is 0 Å². The van der Waals surface area contributed by atoms with E-state index in [1.807, 2.05) is 33.9 Å². The molecule has 0 spiro atoms. The fourth-order valence-corrected chi connectivity index (χ4v) is 4.64. The number of methoxy groups -OCH3 is 1. The van der Waals surface area contributed by atoms with Crippen molar-refractivity contribution in [2.75, 3.05) is 7.11 Å². The highest BCUT2D eigenvalue weighted by molar-refractivity contribution is 7.89. The van der Waals surface area contributed by atoms with Crippen LogP contribution in [0.3, 0.4) is 0 Å². The molecule has 0 unspecified atom stereocenters. The third-order valence-electron chi connectivity index (χ3n) is 5.25. The molecule has 0 radical (unpaired) electrons. The molecule has 0 aliphatic rings. The van der Waals surface area contributed by atoms with Gasteiger partial charge in [0.2, 0.25) is 8.32 Å². The number of amides is 1. The van der Waals surface area contributed by atoms with Gasteiger partial charge in [-0.2, -0.15) is 0 Å². The first-order valence-electron chi connectivity index (χ1n) is 10.4. The lowest BCUT2D eigenvalue weighted by Gasteiger charge is -2.37. The van der Waals surface area contributed by atoms with E-state index in [2.05, 4.69) is 5.48 Å². The Labute approximate surface area is 188 Å². The lowest BCUT2D eigenvalue weighted by Crippen LogP contribution is -2.55. The average molecular weight is 475 g/mol. The van der Waals surface area contributed by atoms with Gasteiger partial charge in [-0.25, -0.2) is 13.9 Å². The van der Waals surface area contributed by atoms with Crippen LogP contribution in [0.2, 0.25) is 18.1 Å². The zero-order valence-corrected chi connectivity index (χ0v) is 22.2. The number of ether oxygens (including phenoxy) is 1. The zero-order chi connectivity index (χ0) is 24.2. The highest BCUT2D eigenvalue weighted by Crippen LogP contribution is 2.36. The summed E-state index contributed by atoms with van der Waals surface area (Å²) in [6.45, 7) is 17.1. The van der Waals surface area contributed by atoms with E-state index in [1.54, 1.807) is 39.8 Å². The van der Waals surface area contributed by atoms with E-state index in [1.165, 1.54) is 19.2 Å². The third kappa shape index (κ3) is 7.01. The largest absolute Gasteiger partial charge is 0.497 e. The fourth-order valence-electron chi connectivity index (χ4n) is 2.36. The molecule has 0 bridgehead atoms. The minimum Gasteiger partial charge on any atom is -0.497 e. The SMILES string of the molecule is COc1ccc(S(=O)(=O)N(OC(C)C)[C@@H](C(=O)NO[Si](C)(C)C(C)(C)C)C(C)C)cc1. The number of nitrogens with zero attached hydrogens (tertiary/aromatic N) is 1. The lowest BCUT2D eigenvalue weighted by molar-refractivity contribution is -0.171. The Morgan fingerprint density at radius 2 is 1.58 bits per heavy atom. The monoisotopic (exact) mass is 474 g/mol. The molecular formula is C21H38N2O6SSi. The minimum absolute atomic E-state index is 0.00212. The lowest BCUT2D eigenvalue weighted by atomic mass is 10.1. The molecule has 1 rings (SSSR count). The molecule has 1 aromatic rings. The van der Waals surface area contributed by atoms with Crippen molar-refractivity contribution >= 4 is 24.2 Å². The van der Waals surface area contributed by atoms with Crippen molar-refractivity contribution < 1.29 is 27.3 Å². The number of hydrogen-bond donors (Lipinski definition) is 1. The first-order chi connectivity index (χ1) is 14.0. The van der Waals surface area contributed by atoms with E-state index in [4.69, 9.17) is 14.1 Å². The maximum absolute atomic E-state index is 13.4. The van der Waals surface area contributed by atoms with Gasteiger partial charge in [-0.1, -0.05) is 39.1 Å². The Bertz CT molecular complexity index is 832. The number of hydrogen-bond acceptors (Lipinski definition) is 6. The molecule has 0 saturated carbocycles. The summed E-state index contributed by atoms with van der Waals surface area (Å²) < 4.78 is 38.6. The number of nitrogens with one attached hydrogen (secondary N) is 1. The molecule has 0 heterocycles. The molecular weight excluding hydrogens is 436 g/mol. The van der Waals surface area contributed by atoms with Crippen molar-refractivity contribution in [1.82, 2.24) is 9.95 Å². The van der Waals surface area contributed by atoms with Gasteiger partial charge in [0.05, 0.1) is 18.1 Å². The van der Waals surface area contributed by atoms with Crippen molar-refractivity contribution in [2.45, 2.75) is 83.6 Å². The molecule has 1 atom stereocenters. The van der Waals surface area contributed by atoms with Gasteiger partial charge in [0.25, 0.3) is 15.9 Å². The van der Waals surface area contributed by atoms with Gasteiger partial charge in [-0.05, 0) is 62.2 Å². The number of benzene rings is 1. The summed E-state index contributed by atoms with van der Waals surface area (Å²) in [5.41, 5.74) is 2.52. The normalized spacial score (nSPS) is 14.2. The van der Waals surface area contributed by atoms with Crippen LogP contribution in [0.15, 0.2) is 29.2 Å². The maximum atomic E-state index is 13.4. The Morgan fingerprint density at radius 1 is 1.06 bits per heavy atom. The summed E-state index contributed by atoms with van der Waals surface area (Å²) in [5.74, 6) is -0.427. The average Bonchev–Trinajstić information content (AvgIpc) is 2.64. The summed E-state index contributed by atoms with van der Waals surface area (Å²) in [5, 5.41) is -0.128. The van der Waals surface area contributed by atoms with Gasteiger partial charge in [-0.15, -0.1) is 0 Å². The second-order valence-corrected chi connectivity index (χ2v) is 16.1. The topological polar surface area (TPSA) is 94.2 Å². The number of rotatable bonds is 10. The summed E-state index contributed by atoms with van der Waals surface area (Å²) in [6.07, 6.45) is -0.469. The molecule has 0 aliphatic heterocycles. The van der Waals surface area contributed by atoms with Crippen molar-refractivity contribution in [2.24, 2.45) is 5.92 Å². The first kappa shape index (κ1) is 27.6. The molecule has 1 amide bonds. The van der Waals surface area contributed by atoms with Crippen LogP contribution in [-0.4, -0.2) is 46.4 Å². The van der Waals surface area contributed by atoms with E-state index in [9.17, 15) is 13.2 Å². The Kier molecular flexibility index (Phi) is 9.28. The second-order valence-electron chi connectivity index (χ2n) is 9.61. The Morgan fingerprint density at radius 3 is 1.97 bits per heavy atom. The van der Waals surface area contributed by atoms with Crippen LogP contribution in [0.25, 0.3) is 0 Å². The van der Waals surface area contributed by atoms with Crippen molar-refractivity contribution in [1.29, 1.82) is 0 Å². The quantitative estimate of drug-likeness (QED) is 0.405. The van der Waals surface area contributed by atoms with Crippen LogP contribution in [0, 0.1) is 5.92 Å². The molecule has 8 nitrogen and oxygen atoms in total. The van der Waals surface area contributed by atoms with Crippen molar-refractivity contribution in [3.05, 3.63) is 24.3 Å². The summed E-state index contributed by atoms with van der Waals surface area (Å²) in [4.78, 5) is 18.8. The molecule has 1 aromatic carbocycles. The van der Waals surface area contributed by atoms with Gasteiger partial charge in [0, 0.05) is 0 Å². The molecule has 178 valence electrons. The van der Waals surface area contributed by atoms with Gasteiger partial charge in [0.1, 0.15) is 11.8 Å². The summed E-state index contributed by atoms with van der Waals surface area (Å²) in [7, 11) is -4.93.